The normalized spacial score (nSPS) is 18.1. The zero-order valence-corrected chi connectivity index (χ0v) is 16.2. The van der Waals surface area contributed by atoms with Crippen LogP contribution < -0.4 is 14.2 Å². The fraction of sp³-hybridized carbons (Fsp3) is 0.429. The van der Waals surface area contributed by atoms with Crippen molar-refractivity contribution in [2.24, 2.45) is 0 Å². The molecule has 0 fully saturated rings. The Labute approximate surface area is 155 Å². The Bertz CT molecular complexity index is 801. The van der Waals surface area contributed by atoms with Crippen molar-refractivity contribution in [3.05, 3.63) is 47.0 Å². The molecule has 0 bridgehead atoms. The van der Waals surface area contributed by atoms with Gasteiger partial charge >= 0.3 is 0 Å². The monoisotopic (exact) mass is 358 g/mol. The number of methoxy groups -OCH3 is 3. The molecule has 5 nitrogen and oxygen atoms in total. The molecule has 0 aliphatic carbocycles. The molecule has 0 saturated heterocycles. The van der Waals surface area contributed by atoms with E-state index in [1.54, 1.807) is 27.4 Å². The maximum Gasteiger partial charge on any atom is 0.161 e. The number of aromatic hydroxyl groups is 1. The number of benzene rings is 2. The highest BCUT2D eigenvalue weighted by molar-refractivity contribution is 5.49. The van der Waals surface area contributed by atoms with E-state index in [-0.39, 0.29) is 11.8 Å². The first-order chi connectivity index (χ1) is 12.4. The summed E-state index contributed by atoms with van der Waals surface area (Å²) < 4.78 is 17.0. The van der Waals surface area contributed by atoms with Crippen molar-refractivity contribution in [3.63, 3.8) is 0 Å². The van der Waals surface area contributed by atoms with Crippen molar-refractivity contribution in [2.75, 3.05) is 42.0 Å². The molecule has 3 rings (SSSR count). The molecule has 0 aromatic heterocycles. The lowest BCUT2D eigenvalue weighted by molar-refractivity contribution is -0.923. The van der Waals surface area contributed by atoms with Gasteiger partial charge in [0.1, 0.15) is 6.04 Å². The third-order valence-corrected chi connectivity index (χ3v) is 5.48. The number of nitrogens with zero attached hydrogens (tertiary/aromatic N) is 1. The van der Waals surface area contributed by atoms with Gasteiger partial charge in [0.25, 0.3) is 0 Å². The lowest BCUT2D eigenvalue weighted by Crippen LogP contribution is -2.48. The predicted octanol–water partition coefficient (Wildman–Crippen LogP) is 3.33. The van der Waals surface area contributed by atoms with Crippen LogP contribution in [0.4, 0.5) is 0 Å². The molecule has 5 heteroatoms. The van der Waals surface area contributed by atoms with Crippen molar-refractivity contribution >= 4 is 0 Å². The van der Waals surface area contributed by atoms with E-state index in [1.807, 2.05) is 12.1 Å². The minimum absolute atomic E-state index is 0.179. The number of hydrogen-bond donors (Lipinski definition) is 1. The minimum Gasteiger partial charge on any atom is -0.504 e. The highest BCUT2D eigenvalue weighted by Crippen LogP contribution is 2.42. The molecule has 0 radical (unpaired) electrons. The van der Waals surface area contributed by atoms with Crippen LogP contribution in [0.15, 0.2) is 30.3 Å². The number of phenolic OH excluding ortho intramolecular Hbond substituents is 1. The SMILES string of the molecule is COc1ccc(CC2c3cc(OC)c(OC)cc3CC[N+]2(C)C)cc1O. The van der Waals surface area contributed by atoms with Crippen molar-refractivity contribution in [2.45, 2.75) is 18.9 Å². The molecule has 1 unspecified atom stereocenters. The topological polar surface area (TPSA) is 47.9 Å². The van der Waals surface area contributed by atoms with Gasteiger partial charge in [0.15, 0.2) is 23.0 Å². The van der Waals surface area contributed by atoms with E-state index in [1.165, 1.54) is 11.1 Å². The summed E-state index contributed by atoms with van der Waals surface area (Å²) in [6.45, 7) is 1.05. The van der Waals surface area contributed by atoms with Gasteiger partial charge in [-0.2, -0.15) is 0 Å². The molecule has 1 atom stereocenters. The lowest BCUT2D eigenvalue weighted by Gasteiger charge is -2.43. The average Bonchev–Trinajstić information content (AvgIpc) is 2.63. The zero-order chi connectivity index (χ0) is 18.9. The van der Waals surface area contributed by atoms with E-state index in [0.717, 1.165) is 40.9 Å². The Morgan fingerprint density at radius 2 is 1.62 bits per heavy atom. The Morgan fingerprint density at radius 3 is 2.23 bits per heavy atom. The van der Waals surface area contributed by atoms with Crippen LogP contribution in [0.5, 0.6) is 23.0 Å². The molecule has 0 amide bonds. The number of ether oxygens (including phenoxy) is 3. The van der Waals surface area contributed by atoms with Crippen LogP contribution in [0.2, 0.25) is 0 Å². The summed E-state index contributed by atoms with van der Waals surface area (Å²) in [6.07, 6.45) is 1.83. The minimum atomic E-state index is 0.179. The molecule has 2 aromatic rings. The predicted molar refractivity (Wildman–Crippen MR) is 101 cm³/mol. The van der Waals surface area contributed by atoms with Gasteiger partial charge in [-0.05, 0) is 35.4 Å². The van der Waals surface area contributed by atoms with E-state index in [2.05, 4.69) is 26.2 Å². The van der Waals surface area contributed by atoms with Gasteiger partial charge in [-0.3, -0.25) is 0 Å². The quantitative estimate of drug-likeness (QED) is 0.833. The van der Waals surface area contributed by atoms with E-state index < -0.39 is 0 Å². The van der Waals surface area contributed by atoms with E-state index in [9.17, 15) is 5.11 Å². The first-order valence-electron chi connectivity index (χ1n) is 8.83. The van der Waals surface area contributed by atoms with Crippen LogP contribution in [-0.2, 0) is 12.8 Å². The number of phenols is 1. The van der Waals surface area contributed by atoms with Crippen molar-refractivity contribution < 1.29 is 23.8 Å². The molecular formula is C21H28NO4+. The maximum atomic E-state index is 10.1. The Kier molecular flexibility index (Phi) is 5.01. The maximum absolute atomic E-state index is 10.1. The highest BCUT2D eigenvalue weighted by Gasteiger charge is 2.36. The summed E-state index contributed by atoms with van der Waals surface area (Å²) in [5, 5.41) is 10.1. The van der Waals surface area contributed by atoms with Crippen molar-refractivity contribution in [3.8, 4) is 23.0 Å². The third-order valence-electron chi connectivity index (χ3n) is 5.48. The summed E-state index contributed by atoms with van der Waals surface area (Å²) in [4.78, 5) is 0. The molecular weight excluding hydrogens is 330 g/mol. The molecule has 2 aromatic carbocycles. The zero-order valence-electron chi connectivity index (χ0n) is 16.2. The van der Waals surface area contributed by atoms with Crippen LogP contribution in [0, 0.1) is 0 Å². The van der Waals surface area contributed by atoms with Gasteiger partial charge in [-0.1, -0.05) is 6.07 Å². The van der Waals surface area contributed by atoms with Gasteiger partial charge < -0.3 is 23.8 Å². The molecule has 140 valence electrons. The summed E-state index contributed by atoms with van der Waals surface area (Å²) in [5.74, 6) is 2.21. The summed E-state index contributed by atoms with van der Waals surface area (Å²) >= 11 is 0. The molecule has 1 N–H and O–H groups in total. The second kappa shape index (κ2) is 7.08. The van der Waals surface area contributed by atoms with Gasteiger partial charge in [-0.15, -0.1) is 0 Å². The van der Waals surface area contributed by atoms with Gasteiger partial charge in [-0.25, -0.2) is 0 Å². The summed E-state index contributed by atoms with van der Waals surface area (Å²) in [5.41, 5.74) is 3.68. The smallest absolute Gasteiger partial charge is 0.161 e. The number of hydrogen-bond acceptors (Lipinski definition) is 4. The fourth-order valence-corrected chi connectivity index (χ4v) is 3.85. The average molecular weight is 358 g/mol. The molecule has 0 spiro atoms. The number of rotatable bonds is 5. The highest BCUT2D eigenvalue weighted by atomic mass is 16.5. The van der Waals surface area contributed by atoms with Crippen LogP contribution in [-0.4, -0.2) is 51.6 Å². The first-order valence-corrected chi connectivity index (χ1v) is 8.83. The molecule has 1 heterocycles. The number of likely N-dealkylation sites (N-methyl/N-ethyl adjacent to an activating group) is 1. The Balaban J connectivity index is 2.01. The Morgan fingerprint density at radius 1 is 0.962 bits per heavy atom. The van der Waals surface area contributed by atoms with E-state index in [4.69, 9.17) is 14.2 Å². The molecule has 0 saturated carbocycles. The van der Waals surface area contributed by atoms with Crippen LogP contribution in [0.3, 0.4) is 0 Å². The van der Waals surface area contributed by atoms with Gasteiger partial charge in [0, 0.05) is 18.4 Å². The summed E-state index contributed by atoms with van der Waals surface area (Å²) in [6, 6.07) is 10.1. The van der Waals surface area contributed by atoms with Crippen LogP contribution in [0.1, 0.15) is 22.7 Å². The van der Waals surface area contributed by atoms with E-state index in [0.29, 0.717) is 5.75 Å². The second-order valence-corrected chi connectivity index (χ2v) is 7.38. The van der Waals surface area contributed by atoms with Crippen LogP contribution in [0.25, 0.3) is 0 Å². The fourth-order valence-electron chi connectivity index (χ4n) is 3.85. The third kappa shape index (κ3) is 3.31. The largest absolute Gasteiger partial charge is 0.504 e. The standard InChI is InChI=1S/C21H27NO4/c1-22(2)9-8-15-12-20(25-4)21(26-5)13-16(15)17(22)10-14-6-7-19(24-3)18(23)11-14/h6-7,11-13,17H,8-10H2,1-5H3/p+1. The van der Waals surface area contributed by atoms with E-state index >= 15 is 0 Å². The van der Waals surface area contributed by atoms with Crippen LogP contribution >= 0.6 is 0 Å². The van der Waals surface area contributed by atoms with Gasteiger partial charge in [0.2, 0.25) is 0 Å². The first kappa shape index (κ1) is 18.4. The molecule has 1 aliphatic heterocycles. The van der Waals surface area contributed by atoms with Crippen molar-refractivity contribution in [1.29, 1.82) is 0 Å². The lowest BCUT2D eigenvalue weighted by atomic mass is 9.87. The Hall–Kier alpha value is -2.40. The molecule has 26 heavy (non-hydrogen) atoms. The van der Waals surface area contributed by atoms with Gasteiger partial charge in [0.05, 0.1) is 42.0 Å². The number of fused-ring (bicyclic) bond motifs is 1. The molecule has 1 aliphatic rings. The number of quaternary nitrogens is 1. The summed E-state index contributed by atoms with van der Waals surface area (Å²) in [7, 11) is 9.42. The van der Waals surface area contributed by atoms with Crippen molar-refractivity contribution in [1.82, 2.24) is 0 Å². The second-order valence-electron chi connectivity index (χ2n) is 7.38.